The van der Waals surface area contributed by atoms with Crippen molar-refractivity contribution in [1.82, 2.24) is 20.1 Å². The molecule has 5 nitrogen and oxygen atoms in total. The van der Waals surface area contributed by atoms with Gasteiger partial charge in [0.1, 0.15) is 5.82 Å². The van der Waals surface area contributed by atoms with Gasteiger partial charge in [-0.2, -0.15) is 5.10 Å². The van der Waals surface area contributed by atoms with Crippen LogP contribution in [0.15, 0.2) is 67.0 Å². The maximum absolute atomic E-state index is 14.2. The monoisotopic (exact) mass is 386 g/mol. The van der Waals surface area contributed by atoms with Crippen molar-refractivity contribution < 1.29 is 9.18 Å². The van der Waals surface area contributed by atoms with Crippen LogP contribution in [0.3, 0.4) is 0 Å². The van der Waals surface area contributed by atoms with Crippen molar-refractivity contribution in [2.24, 2.45) is 0 Å². The molecule has 1 fully saturated rings. The molecule has 2 aromatic heterocycles. The maximum Gasteiger partial charge on any atom is 0.254 e. The minimum atomic E-state index is -0.205. The molecule has 1 aliphatic rings. The highest BCUT2D eigenvalue weighted by Gasteiger charge is 2.30. The van der Waals surface area contributed by atoms with E-state index in [9.17, 15) is 9.18 Å². The van der Waals surface area contributed by atoms with Gasteiger partial charge in [0.2, 0.25) is 0 Å². The molecule has 1 atom stereocenters. The summed E-state index contributed by atoms with van der Waals surface area (Å²) in [5.41, 5.74) is 3.59. The molecule has 1 amide bonds. The first kappa shape index (κ1) is 17.6. The lowest BCUT2D eigenvalue weighted by Crippen LogP contribution is -2.28. The largest absolute Gasteiger partial charge is 0.338 e. The van der Waals surface area contributed by atoms with E-state index < -0.39 is 0 Å². The zero-order chi connectivity index (χ0) is 19.8. The van der Waals surface area contributed by atoms with Gasteiger partial charge in [0.25, 0.3) is 5.91 Å². The summed E-state index contributed by atoms with van der Waals surface area (Å²) >= 11 is 0. The van der Waals surface area contributed by atoms with Crippen LogP contribution in [-0.4, -0.2) is 39.1 Å². The summed E-state index contributed by atoms with van der Waals surface area (Å²) in [6.07, 6.45) is 4.20. The fourth-order valence-electron chi connectivity index (χ4n) is 4.07. The Morgan fingerprint density at radius 3 is 2.79 bits per heavy atom. The summed E-state index contributed by atoms with van der Waals surface area (Å²) in [7, 11) is 0. The third kappa shape index (κ3) is 3.16. The maximum atomic E-state index is 14.2. The smallest absolute Gasteiger partial charge is 0.254 e. The molecule has 4 aromatic rings. The zero-order valence-electron chi connectivity index (χ0n) is 15.7. The summed E-state index contributed by atoms with van der Waals surface area (Å²) in [5, 5.41) is 7.59. The van der Waals surface area contributed by atoms with Gasteiger partial charge < -0.3 is 4.90 Å². The zero-order valence-corrected chi connectivity index (χ0v) is 15.7. The number of halogens is 1. The number of benzene rings is 2. The van der Waals surface area contributed by atoms with Crippen molar-refractivity contribution >= 4 is 16.8 Å². The normalized spacial score (nSPS) is 16.4. The number of nitrogens with zero attached hydrogens (tertiary/aromatic N) is 3. The van der Waals surface area contributed by atoms with Crippen molar-refractivity contribution in [1.29, 1.82) is 0 Å². The topological polar surface area (TPSA) is 61.9 Å². The number of aromatic amines is 1. The lowest BCUT2D eigenvalue weighted by atomic mass is 9.98. The van der Waals surface area contributed by atoms with Crippen LogP contribution in [0.2, 0.25) is 0 Å². The SMILES string of the molecule is O=C(c1cc(-c2cn[nH]c2)nc2ccccc12)N1CC[C@H](c2ccccc2F)C1. The van der Waals surface area contributed by atoms with Gasteiger partial charge >= 0.3 is 0 Å². The molecule has 0 aliphatic carbocycles. The minimum absolute atomic E-state index is 0.0154. The molecule has 0 bridgehead atoms. The third-order valence-electron chi connectivity index (χ3n) is 5.56. The van der Waals surface area contributed by atoms with Crippen molar-refractivity contribution in [3.8, 4) is 11.3 Å². The number of likely N-dealkylation sites (tertiary alicyclic amines) is 1. The van der Waals surface area contributed by atoms with E-state index in [0.717, 1.165) is 22.9 Å². The first-order chi connectivity index (χ1) is 14.2. The summed E-state index contributed by atoms with van der Waals surface area (Å²) < 4.78 is 14.2. The number of nitrogens with one attached hydrogen (secondary N) is 1. The van der Waals surface area contributed by atoms with Gasteiger partial charge in [-0.3, -0.25) is 9.89 Å². The Morgan fingerprint density at radius 1 is 1.14 bits per heavy atom. The second-order valence-electron chi connectivity index (χ2n) is 7.32. The number of para-hydroxylation sites is 1. The van der Waals surface area contributed by atoms with E-state index in [1.807, 2.05) is 47.4 Å². The molecule has 0 saturated carbocycles. The number of amides is 1. The summed E-state index contributed by atoms with van der Waals surface area (Å²) in [5.74, 6) is -0.239. The van der Waals surface area contributed by atoms with E-state index >= 15 is 0 Å². The number of pyridine rings is 1. The Bertz CT molecular complexity index is 1190. The lowest BCUT2D eigenvalue weighted by molar-refractivity contribution is 0.0792. The van der Waals surface area contributed by atoms with Gasteiger partial charge in [0.05, 0.1) is 23.0 Å². The van der Waals surface area contributed by atoms with Gasteiger partial charge in [-0.1, -0.05) is 36.4 Å². The van der Waals surface area contributed by atoms with Crippen molar-refractivity contribution in [2.75, 3.05) is 13.1 Å². The second-order valence-corrected chi connectivity index (χ2v) is 7.32. The fraction of sp³-hybridized carbons (Fsp3) is 0.174. The van der Waals surface area contributed by atoms with Crippen LogP contribution >= 0.6 is 0 Å². The molecule has 1 aliphatic heterocycles. The van der Waals surface area contributed by atoms with E-state index in [1.54, 1.807) is 18.5 Å². The molecule has 1 saturated heterocycles. The number of H-pyrrole nitrogens is 1. The Hall–Kier alpha value is -3.54. The average molecular weight is 386 g/mol. The molecule has 3 heterocycles. The Morgan fingerprint density at radius 2 is 1.97 bits per heavy atom. The number of aromatic nitrogens is 3. The third-order valence-corrected chi connectivity index (χ3v) is 5.56. The van der Waals surface area contributed by atoms with Crippen molar-refractivity contribution in [2.45, 2.75) is 12.3 Å². The summed E-state index contributed by atoms with van der Waals surface area (Å²) in [4.78, 5) is 19.9. The van der Waals surface area contributed by atoms with Crippen LogP contribution < -0.4 is 0 Å². The molecule has 144 valence electrons. The van der Waals surface area contributed by atoms with Gasteiger partial charge in [-0.15, -0.1) is 0 Å². The number of hydrogen-bond acceptors (Lipinski definition) is 3. The standard InChI is InChI=1S/C23H19FN4O/c24-20-7-3-1-5-17(20)15-9-10-28(14-15)23(29)19-11-22(16-12-25-26-13-16)27-21-8-4-2-6-18(19)21/h1-8,11-13,15H,9-10,14H2,(H,25,26)/t15-/m0/s1. The molecule has 5 rings (SSSR count). The van der Waals surface area contributed by atoms with Crippen LogP contribution in [0, 0.1) is 5.82 Å². The highest BCUT2D eigenvalue weighted by atomic mass is 19.1. The van der Waals surface area contributed by atoms with E-state index in [1.165, 1.54) is 6.07 Å². The molecule has 0 spiro atoms. The molecule has 29 heavy (non-hydrogen) atoms. The van der Waals surface area contributed by atoms with Crippen LogP contribution in [0.5, 0.6) is 0 Å². The Labute approximate surface area is 167 Å². The van der Waals surface area contributed by atoms with Crippen molar-refractivity contribution in [3.05, 3.63) is 83.9 Å². The first-order valence-corrected chi connectivity index (χ1v) is 9.63. The number of hydrogen-bond donors (Lipinski definition) is 1. The lowest BCUT2D eigenvalue weighted by Gasteiger charge is -2.18. The van der Waals surface area contributed by atoms with E-state index in [4.69, 9.17) is 0 Å². The van der Waals surface area contributed by atoms with Gasteiger partial charge in [0, 0.05) is 36.2 Å². The van der Waals surface area contributed by atoms with Gasteiger partial charge in [-0.05, 0) is 30.2 Å². The second kappa shape index (κ2) is 7.13. The average Bonchev–Trinajstić information content (AvgIpc) is 3.45. The predicted molar refractivity (Wildman–Crippen MR) is 109 cm³/mol. The number of fused-ring (bicyclic) bond motifs is 1. The molecule has 2 aromatic carbocycles. The molecule has 0 radical (unpaired) electrons. The highest BCUT2D eigenvalue weighted by Crippen LogP contribution is 2.31. The van der Waals surface area contributed by atoms with E-state index in [2.05, 4.69) is 15.2 Å². The van der Waals surface area contributed by atoms with Crippen LogP contribution in [0.4, 0.5) is 4.39 Å². The van der Waals surface area contributed by atoms with Crippen LogP contribution in [0.25, 0.3) is 22.2 Å². The number of carbonyl (C=O) groups is 1. The summed E-state index contributed by atoms with van der Waals surface area (Å²) in [6.45, 7) is 1.12. The predicted octanol–water partition coefficient (Wildman–Crippen LogP) is 4.39. The van der Waals surface area contributed by atoms with Crippen LogP contribution in [0.1, 0.15) is 28.3 Å². The molecule has 0 unspecified atom stereocenters. The highest BCUT2D eigenvalue weighted by molar-refractivity contribution is 6.07. The fourth-order valence-corrected chi connectivity index (χ4v) is 4.07. The molecule has 1 N–H and O–H groups in total. The number of rotatable bonds is 3. The first-order valence-electron chi connectivity index (χ1n) is 9.63. The van der Waals surface area contributed by atoms with E-state index in [0.29, 0.717) is 29.9 Å². The molecular formula is C23H19FN4O. The Kier molecular flexibility index (Phi) is 4.31. The number of carbonyl (C=O) groups excluding carboxylic acids is 1. The minimum Gasteiger partial charge on any atom is -0.338 e. The van der Waals surface area contributed by atoms with Gasteiger partial charge in [0.15, 0.2) is 0 Å². The van der Waals surface area contributed by atoms with Crippen molar-refractivity contribution in [3.63, 3.8) is 0 Å². The quantitative estimate of drug-likeness (QED) is 0.568. The van der Waals surface area contributed by atoms with Gasteiger partial charge in [-0.25, -0.2) is 9.37 Å². The molecule has 6 heteroatoms. The Balaban J connectivity index is 1.51. The van der Waals surface area contributed by atoms with E-state index in [-0.39, 0.29) is 17.6 Å². The summed E-state index contributed by atoms with van der Waals surface area (Å²) in [6, 6.07) is 16.3. The van der Waals surface area contributed by atoms with Crippen LogP contribution in [-0.2, 0) is 0 Å². The molecular weight excluding hydrogens is 367 g/mol.